The molecule has 0 bridgehead atoms. The Kier molecular flexibility index (Phi) is 11.1. The number of carbonyl (C=O) groups is 1. The summed E-state index contributed by atoms with van der Waals surface area (Å²) in [7, 11) is -1.42. The number of benzene rings is 2. The number of sulfonamides is 1. The third kappa shape index (κ3) is 8.26. The molecule has 1 aromatic heterocycles. The average Bonchev–Trinajstić information content (AvgIpc) is 3.72. The highest BCUT2D eigenvalue weighted by Crippen LogP contribution is 2.40. The van der Waals surface area contributed by atoms with Gasteiger partial charge in [-0.15, -0.1) is 11.8 Å². The number of nitrogens with zero attached hydrogens (tertiary/aromatic N) is 2. The second kappa shape index (κ2) is 14.9. The molecular weight excluding hydrogens is 705 g/mol. The number of aromatic nitrogens is 1. The Bertz CT molecular complexity index is 1710. The number of esters is 1. The minimum absolute atomic E-state index is 0.00584. The summed E-state index contributed by atoms with van der Waals surface area (Å²) in [6.07, 6.45) is 2.72. The summed E-state index contributed by atoms with van der Waals surface area (Å²) in [4.78, 5) is 13.7. The quantitative estimate of drug-likeness (QED) is 0.117. The zero-order valence-electron chi connectivity index (χ0n) is 25.1. The summed E-state index contributed by atoms with van der Waals surface area (Å²) >= 11 is 13.8. The first kappa shape index (κ1) is 35.1. The van der Waals surface area contributed by atoms with Crippen LogP contribution in [-0.4, -0.2) is 63.8 Å². The van der Waals surface area contributed by atoms with Gasteiger partial charge in [0.25, 0.3) is 0 Å². The van der Waals surface area contributed by atoms with Crippen LogP contribution in [0.3, 0.4) is 0 Å². The van der Waals surface area contributed by atoms with E-state index < -0.39 is 34.1 Å². The zero-order valence-corrected chi connectivity index (χ0v) is 28.2. The Morgan fingerprint density at radius 2 is 1.72 bits per heavy atom. The van der Waals surface area contributed by atoms with Gasteiger partial charge in [0.1, 0.15) is 16.1 Å². The fourth-order valence-electron chi connectivity index (χ4n) is 4.86. The molecule has 1 saturated carbocycles. The molecule has 2 unspecified atom stereocenters. The van der Waals surface area contributed by atoms with E-state index in [1.54, 1.807) is 0 Å². The normalized spacial score (nSPS) is 17.4. The van der Waals surface area contributed by atoms with Gasteiger partial charge in [0.2, 0.25) is 10.0 Å². The van der Waals surface area contributed by atoms with Crippen molar-refractivity contribution in [1.82, 2.24) is 4.31 Å². The van der Waals surface area contributed by atoms with Crippen molar-refractivity contribution in [1.29, 1.82) is 0 Å². The Morgan fingerprint density at radius 1 is 1.04 bits per heavy atom. The topological polar surface area (TPSA) is 128 Å². The number of ether oxygens (including phenoxy) is 5. The molecule has 1 saturated heterocycles. The molecule has 2 aliphatic rings. The van der Waals surface area contributed by atoms with Crippen molar-refractivity contribution in [3.63, 3.8) is 0 Å². The minimum atomic E-state index is -4.21. The van der Waals surface area contributed by atoms with E-state index >= 15 is 0 Å². The monoisotopic (exact) mass is 734 g/mol. The predicted molar refractivity (Wildman–Crippen MR) is 169 cm³/mol. The van der Waals surface area contributed by atoms with Crippen molar-refractivity contribution >= 4 is 51.0 Å². The highest BCUT2D eigenvalue weighted by atomic mass is 35.5. The second-order valence-electron chi connectivity index (χ2n) is 10.6. The number of pyridine rings is 1. The smallest absolute Gasteiger partial charge is 0.387 e. The highest BCUT2D eigenvalue weighted by molar-refractivity contribution is 8.02. The van der Waals surface area contributed by atoms with Gasteiger partial charge in [-0.2, -0.15) is 17.8 Å². The molecule has 2 aromatic carbocycles. The third-order valence-corrected chi connectivity index (χ3v) is 11.3. The van der Waals surface area contributed by atoms with Gasteiger partial charge in [-0.05, 0) is 48.6 Å². The average molecular weight is 736 g/mol. The van der Waals surface area contributed by atoms with Crippen LogP contribution in [0.2, 0.25) is 10.0 Å². The Balaban J connectivity index is 1.47. The first-order chi connectivity index (χ1) is 22.4. The minimum Gasteiger partial charge on any atom is -0.619 e. The lowest BCUT2D eigenvalue weighted by Crippen LogP contribution is -2.40. The molecule has 3 aromatic rings. The van der Waals surface area contributed by atoms with Crippen molar-refractivity contribution in [2.45, 2.75) is 42.2 Å². The standard InChI is InChI=1S/C30H30Cl2F2N2O9S2/c1-41-23-8-6-19(12-26(23)42-2)47(39,40)36-9-10-46-28(36)29(37)44-25(13-20-21(31)14-35(38)15-22(20)32)18-5-7-24(45-30(33)34)27(11-18)43-16-17-3-4-17/h5-8,11-12,14-15,17,25,28,30H,3-4,9-10,13,16H2,1-2H3. The summed E-state index contributed by atoms with van der Waals surface area (Å²) in [6, 6.07) is 8.19. The van der Waals surface area contributed by atoms with E-state index in [-0.39, 0.29) is 63.2 Å². The van der Waals surface area contributed by atoms with Crippen molar-refractivity contribution in [2.24, 2.45) is 5.92 Å². The molecule has 0 N–H and O–H groups in total. The first-order valence-corrected chi connectivity index (χ1v) is 17.5. The molecule has 0 spiro atoms. The number of rotatable bonds is 14. The molecule has 1 aliphatic heterocycles. The van der Waals surface area contributed by atoms with Crippen LogP contribution < -0.4 is 23.7 Å². The maximum absolute atomic E-state index is 13.8. The maximum Gasteiger partial charge on any atom is 0.387 e. The molecule has 1 aliphatic carbocycles. The SMILES string of the molecule is COc1ccc(S(=O)(=O)N2CCSC2C(=O)OC(Cc2c(Cl)c[n+]([O-])cc2Cl)c2ccc(OC(F)F)c(OCC3CC3)c2)cc1OC. The fourth-order valence-corrected chi connectivity index (χ4v) is 8.52. The lowest BCUT2D eigenvalue weighted by atomic mass is 10.0. The highest BCUT2D eigenvalue weighted by Gasteiger charge is 2.42. The summed E-state index contributed by atoms with van der Waals surface area (Å²) in [6.45, 7) is -2.82. The fraction of sp³-hybridized carbons (Fsp3) is 0.400. The molecule has 2 atom stereocenters. The van der Waals surface area contributed by atoms with Crippen molar-refractivity contribution in [2.75, 3.05) is 33.1 Å². The molecule has 47 heavy (non-hydrogen) atoms. The van der Waals surface area contributed by atoms with E-state index in [4.69, 9.17) is 42.1 Å². The molecule has 0 amide bonds. The molecule has 5 rings (SSSR count). The van der Waals surface area contributed by atoms with Crippen molar-refractivity contribution in [3.8, 4) is 23.0 Å². The van der Waals surface area contributed by atoms with Gasteiger partial charge in [-0.25, -0.2) is 13.2 Å². The summed E-state index contributed by atoms with van der Waals surface area (Å²) in [5.74, 6) is 0.00185. The van der Waals surface area contributed by atoms with E-state index in [1.807, 2.05) is 0 Å². The van der Waals surface area contributed by atoms with Gasteiger partial charge in [-0.1, -0.05) is 29.3 Å². The maximum atomic E-state index is 13.8. The first-order valence-electron chi connectivity index (χ1n) is 14.3. The van der Waals surface area contributed by atoms with Crippen LogP contribution in [0.1, 0.15) is 30.1 Å². The number of hydrogen-bond acceptors (Lipinski definition) is 10. The summed E-state index contributed by atoms with van der Waals surface area (Å²) in [5.41, 5.74) is 0.564. The van der Waals surface area contributed by atoms with Crippen LogP contribution >= 0.6 is 35.0 Å². The van der Waals surface area contributed by atoms with Gasteiger partial charge < -0.3 is 28.9 Å². The van der Waals surface area contributed by atoms with Gasteiger partial charge in [0, 0.05) is 30.3 Å². The zero-order chi connectivity index (χ0) is 33.9. The third-order valence-electron chi connectivity index (χ3n) is 7.44. The van der Waals surface area contributed by atoms with E-state index in [0.29, 0.717) is 21.8 Å². The number of carbonyl (C=O) groups excluding carboxylic acids is 1. The number of methoxy groups -OCH3 is 2. The van der Waals surface area contributed by atoms with Gasteiger partial charge in [0.15, 0.2) is 40.8 Å². The van der Waals surface area contributed by atoms with E-state index in [0.717, 1.165) is 41.3 Å². The Hall–Kier alpha value is -3.24. The van der Waals surface area contributed by atoms with Crippen LogP contribution in [0.4, 0.5) is 8.78 Å². The number of halogens is 4. The molecular formula is C30H30Cl2F2N2O9S2. The largest absolute Gasteiger partial charge is 0.619 e. The van der Waals surface area contributed by atoms with Crippen LogP contribution in [-0.2, 0) is 26.0 Å². The van der Waals surface area contributed by atoms with Crippen molar-refractivity contribution < 1.29 is 50.4 Å². The second-order valence-corrected chi connectivity index (χ2v) is 14.5. The lowest BCUT2D eigenvalue weighted by Gasteiger charge is -2.26. The van der Waals surface area contributed by atoms with Crippen LogP contribution in [0, 0.1) is 11.1 Å². The van der Waals surface area contributed by atoms with Crippen molar-refractivity contribution in [3.05, 3.63) is 75.2 Å². The van der Waals surface area contributed by atoms with E-state index in [2.05, 4.69) is 4.74 Å². The van der Waals surface area contributed by atoms with E-state index in [9.17, 15) is 27.2 Å². The molecule has 0 radical (unpaired) electrons. The van der Waals surface area contributed by atoms with Crippen LogP contribution in [0.5, 0.6) is 23.0 Å². The predicted octanol–water partition coefficient (Wildman–Crippen LogP) is 5.63. The Labute approximate surface area is 284 Å². The molecule has 2 fully saturated rings. The Morgan fingerprint density at radius 3 is 2.36 bits per heavy atom. The van der Waals surface area contributed by atoms with Gasteiger partial charge in [0.05, 0.1) is 25.7 Å². The van der Waals surface area contributed by atoms with E-state index in [1.165, 1.54) is 50.6 Å². The number of alkyl halides is 2. The molecule has 2 heterocycles. The molecule has 254 valence electrons. The number of thioether (sulfide) groups is 1. The van der Waals surface area contributed by atoms with Crippen LogP contribution in [0.25, 0.3) is 0 Å². The molecule has 11 nitrogen and oxygen atoms in total. The summed E-state index contributed by atoms with van der Waals surface area (Å²) < 4.78 is 82.2. The van der Waals surface area contributed by atoms with Gasteiger partial charge >= 0.3 is 12.6 Å². The van der Waals surface area contributed by atoms with Gasteiger partial charge in [-0.3, -0.25) is 0 Å². The van der Waals surface area contributed by atoms with Crippen LogP contribution in [0.15, 0.2) is 53.7 Å². The lowest BCUT2D eigenvalue weighted by molar-refractivity contribution is -0.605. The number of hydrogen-bond donors (Lipinski definition) is 0. The summed E-state index contributed by atoms with van der Waals surface area (Å²) in [5, 5.41) is 10.6. The molecule has 17 heteroatoms.